The van der Waals surface area contributed by atoms with Crippen LogP contribution in [0.5, 0.6) is 0 Å². The number of rotatable bonds is 3. The molecule has 98 valence electrons. The van der Waals surface area contributed by atoms with Crippen molar-refractivity contribution < 1.29 is 14.3 Å². The Bertz CT molecular complexity index is 433. The van der Waals surface area contributed by atoms with E-state index in [-0.39, 0.29) is 12.0 Å². The van der Waals surface area contributed by atoms with Crippen LogP contribution >= 0.6 is 11.6 Å². The van der Waals surface area contributed by atoms with Crippen LogP contribution in [-0.2, 0) is 9.47 Å². The fraction of sp³-hybridized carbons (Fsp3) is 0.417. The summed E-state index contributed by atoms with van der Waals surface area (Å²) in [6.07, 6.45) is -0.0904. The van der Waals surface area contributed by atoms with E-state index < -0.39 is 0 Å². The lowest BCUT2D eigenvalue weighted by Crippen LogP contribution is -2.39. The van der Waals surface area contributed by atoms with Gasteiger partial charge in [0.25, 0.3) is 5.91 Å². The number of nitrogens with two attached hydrogens (primary N) is 1. The molecule has 6 heteroatoms. The molecule has 0 aliphatic carbocycles. The van der Waals surface area contributed by atoms with Crippen LogP contribution in [0, 0.1) is 0 Å². The van der Waals surface area contributed by atoms with E-state index in [1.54, 1.807) is 18.2 Å². The van der Waals surface area contributed by atoms with E-state index in [1.807, 2.05) is 0 Å². The molecule has 2 rings (SSSR count). The molecule has 1 saturated heterocycles. The average molecular weight is 271 g/mol. The summed E-state index contributed by atoms with van der Waals surface area (Å²) in [7, 11) is 0. The van der Waals surface area contributed by atoms with Crippen molar-refractivity contribution in [1.82, 2.24) is 5.32 Å². The van der Waals surface area contributed by atoms with E-state index in [0.717, 1.165) is 0 Å². The summed E-state index contributed by atoms with van der Waals surface area (Å²) >= 11 is 5.79. The number of hydrogen-bond acceptors (Lipinski definition) is 4. The molecular weight excluding hydrogens is 256 g/mol. The fourth-order valence-corrected chi connectivity index (χ4v) is 1.77. The normalized spacial score (nSPS) is 19.5. The first kappa shape index (κ1) is 13.1. The molecule has 1 unspecified atom stereocenters. The number of benzene rings is 1. The van der Waals surface area contributed by atoms with Crippen molar-refractivity contribution in [1.29, 1.82) is 0 Å². The lowest BCUT2D eigenvalue weighted by Gasteiger charge is -2.23. The van der Waals surface area contributed by atoms with Crippen molar-refractivity contribution >= 4 is 23.2 Å². The van der Waals surface area contributed by atoms with Crippen molar-refractivity contribution in [3.8, 4) is 0 Å². The maximum atomic E-state index is 11.8. The molecule has 1 atom stereocenters. The van der Waals surface area contributed by atoms with Gasteiger partial charge in [0.15, 0.2) is 0 Å². The van der Waals surface area contributed by atoms with Crippen LogP contribution in [0.2, 0.25) is 5.02 Å². The molecule has 0 aromatic heterocycles. The summed E-state index contributed by atoms with van der Waals surface area (Å²) < 4.78 is 10.7. The Morgan fingerprint density at radius 1 is 1.50 bits per heavy atom. The van der Waals surface area contributed by atoms with E-state index in [4.69, 9.17) is 26.8 Å². The van der Waals surface area contributed by atoms with Crippen LogP contribution in [0.15, 0.2) is 18.2 Å². The van der Waals surface area contributed by atoms with Crippen LogP contribution in [-0.4, -0.2) is 38.4 Å². The SMILES string of the molecule is Nc1cc(C(=O)NCC2COCCO2)ccc1Cl. The highest BCUT2D eigenvalue weighted by atomic mass is 35.5. The van der Waals surface area contributed by atoms with Crippen molar-refractivity contribution in [2.75, 3.05) is 32.1 Å². The molecule has 3 N–H and O–H groups in total. The highest BCUT2D eigenvalue weighted by Crippen LogP contribution is 2.19. The molecule has 0 spiro atoms. The van der Waals surface area contributed by atoms with Gasteiger partial charge in [-0.3, -0.25) is 4.79 Å². The smallest absolute Gasteiger partial charge is 0.251 e. The first-order valence-corrected chi connectivity index (χ1v) is 6.07. The van der Waals surface area contributed by atoms with E-state index in [2.05, 4.69) is 5.32 Å². The molecule has 1 aromatic rings. The molecule has 0 saturated carbocycles. The first-order chi connectivity index (χ1) is 8.66. The molecule has 5 nitrogen and oxygen atoms in total. The Balaban J connectivity index is 1.88. The average Bonchev–Trinajstić information content (AvgIpc) is 2.40. The van der Waals surface area contributed by atoms with E-state index >= 15 is 0 Å². The number of anilines is 1. The van der Waals surface area contributed by atoms with Gasteiger partial charge in [-0.1, -0.05) is 11.6 Å². The summed E-state index contributed by atoms with van der Waals surface area (Å²) in [6.45, 7) is 2.09. The van der Waals surface area contributed by atoms with Gasteiger partial charge in [-0.25, -0.2) is 0 Å². The number of nitrogens with one attached hydrogen (secondary N) is 1. The second kappa shape index (κ2) is 6.04. The predicted molar refractivity (Wildman–Crippen MR) is 68.8 cm³/mol. The minimum absolute atomic E-state index is 0.0904. The third-order valence-electron chi connectivity index (χ3n) is 2.63. The minimum Gasteiger partial charge on any atom is -0.398 e. The molecule has 1 aliphatic heterocycles. The van der Waals surface area contributed by atoms with E-state index in [9.17, 15) is 4.79 Å². The summed E-state index contributed by atoms with van der Waals surface area (Å²) in [5.41, 5.74) is 6.51. The maximum Gasteiger partial charge on any atom is 0.251 e. The Hall–Kier alpha value is -1.30. The maximum absolute atomic E-state index is 11.8. The number of hydrogen-bond donors (Lipinski definition) is 2. The van der Waals surface area contributed by atoms with Crippen LogP contribution in [0.1, 0.15) is 10.4 Å². The van der Waals surface area contributed by atoms with E-state index in [1.165, 1.54) is 0 Å². The Labute approximate surface area is 110 Å². The predicted octanol–water partition coefficient (Wildman–Crippen LogP) is 1.07. The van der Waals surface area contributed by atoms with Crippen molar-refractivity contribution in [2.45, 2.75) is 6.10 Å². The van der Waals surface area contributed by atoms with Crippen LogP contribution in [0.3, 0.4) is 0 Å². The molecule has 1 amide bonds. The standard InChI is InChI=1S/C12H15ClN2O3/c13-10-2-1-8(5-11(10)14)12(16)15-6-9-7-17-3-4-18-9/h1-2,5,9H,3-4,6-7,14H2,(H,15,16). The summed E-state index contributed by atoms with van der Waals surface area (Å²) in [6, 6.07) is 4.79. The molecule has 1 aliphatic rings. The quantitative estimate of drug-likeness (QED) is 0.806. The number of carbonyl (C=O) groups is 1. The van der Waals surface area contributed by atoms with Gasteiger partial charge in [0.2, 0.25) is 0 Å². The molecular formula is C12H15ClN2O3. The molecule has 0 bridgehead atoms. The molecule has 18 heavy (non-hydrogen) atoms. The molecule has 1 fully saturated rings. The zero-order chi connectivity index (χ0) is 13.0. The number of carbonyl (C=O) groups excluding carboxylic acids is 1. The van der Waals surface area contributed by atoms with Crippen LogP contribution in [0.25, 0.3) is 0 Å². The lowest BCUT2D eigenvalue weighted by atomic mass is 10.2. The monoisotopic (exact) mass is 270 g/mol. The van der Waals surface area contributed by atoms with Crippen molar-refractivity contribution in [2.24, 2.45) is 0 Å². The van der Waals surface area contributed by atoms with Gasteiger partial charge < -0.3 is 20.5 Å². The van der Waals surface area contributed by atoms with Crippen molar-refractivity contribution in [3.63, 3.8) is 0 Å². The number of halogens is 1. The Morgan fingerprint density at radius 3 is 3.00 bits per heavy atom. The topological polar surface area (TPSA) is 73.6 Å². The third kappa shape index (κ3) is 3.35. The second-order valence-corrected chi connectivity index (χ2v) is 4.42. The zero-order valence-electron chi connectivity index (χ0n) is 9.82. The number of nitrogen functional groups attached to an aromatic ring is 1. The second-order valence-electron chi connectivity index (χ2n) is 4.01. The molecule has 1 aromatic carbocycles. The molecule has 1 heterocycles. The zero-order valence-corrected chi connectivity index (χ0v) is 10.6. The minimum atomic E-state index is -0.201. The van der Waals surface area contributed by atoms with Gasteiger partial charge in [-0.15, -0.1) is 0 Å². The number of ether oxygens (including phenoxy) is 2. The molecule has 0 radical (unpaired) electrons. The fourth-order valence-electron chi connectivity index (χ4n) is 1.65. The Morgan fingerprint density at radius 2 is 2.33 bits per heavy atom. The number of amides is 1. The lowest BCUT2D eigenvalue weighted by molar-refractivity contribution is -0.0855. The Kier molecular flexibility index (Phi) is 4.41. The van der Waals surface area contributed by atoms with Gasteiger partial charge in [-0.2, -0.15) is 0 Å². The third-order valence-corrected chi connectivity index (χ3v) is 2.98. The van der Waals surface area contributed by atoms with E-state index in [0.29, 0.717) is 42.6 Å². The summed E-state index contributed by atoms with van der Waals surface area (Å²) in [5, 5.41) is 3.21. The van der Waals surface area contributed by atoms with Gasteiger partial charge in [0.05, 0.1) is 36.6 Å². The highest BCUT2D eigenvalue weighted by molar-refractivity contribution is 6.33. The largest absolute Gasteiger partial charge is 0.398 e. The van der Waals surface area contributed by atoms with Gasteiger partial charge in [-0.05, 0) is 18.2 Å². The van der Waals surface area contributed by atoms with Crippen LogP contribution in [0.4, 0.5) is 5.69 Å². The van der Waals surface area contributed by atoms with Crippen molar-refractivity contribution in [3.05, 3.63) is 28.8 Å². The van der Waals surface area contributed by atoms with Gasteiger partial charge in [0.1, 0.15) is 0 Å². The summed E-state index contributed by atoms with van der Waals surface area (Å²) in [5.74, 6) is -0.201. The highest BCUT2D eigenvalue weighted by Gasteiger charge is 2.16. The first-order valence-electron chi connectivity index (χ1n) is 5.69. The van der Waals surface area contributed by atoms with Crippen LogP contribution < -0.4 is 11.1 Å². The van der Waals surface area contributed by atoms with Gasteiger partial charge >= 0.3 is 0 Å². The summed E-state index contributed by atoms with van der Waals surface area (Å²) in [4.78, 5) is 11.8. The van der Waals surface area contributed by atoms with Gasteiger partial charge in [0, 0.05) is 12.1 Å².